The van der Waals surface area contributed by atoms with E-state index in [1.807, 2.05) is 0 Å². The van der Waals surface area contributed by atoms with Gasteiger partial charge in [-0.05, 0) is 6.07 Å². The van der Waals surface area contributed by atoms with Crippen molar-refractivity contribution in [2.24, 2.45) is 0 Å². The Morgan fingerprint density at radius 2 is 2.25 bits per heavy atom. The van der Waals surface area contributed by atoms with E-state index in [4.69, 9.17) is 11.6 Å². The molecule has 0 spiro atoms. The van der Waals surface area contributed by atoms with E-state index in [0.29, 0.717) is 21.3 Å². The second kappa shape index (κ2) is 5.88. The SMILES string of the molecule is O=C(CSc1nc2ncc(Cl)cc2[nH]1)NCC(F)(F)F. The number of imidazole rings is 1. The van der Waals surface area contributed by atoms with Gasteiger partial charge >= 0.3 is 6.18 Å². The lowest BCUT2D eigenvalue weighted by Gasteiger charge is -2.07. The second-order valence-corrected chi connectivity index (χ2v) is 5.15. The van der Waals surface area contributed by atoms with Crippen LogP contribution >= 0.6 is 23.4 Å². The molecule has 1 amide bonds. The summed E-state index contributed by atoms with van der Waals surface area (Å²) in [6.45, 7) is -1.34. The highest BCUT2D eigenvalue weighted by Gasteiger charge is 2.27. The van der Waals surface area contributed by atoms with Crippen molar-refractivity contribution in [3.63, 3.8) is 0 Å². The molecule has 0 saturated carbocycles. The maximum atomic E-state index is 11.9. The Morgan fingerprint density at radius 1 is 1.50 bits per heavy atom. The van der Waals surface area contributed by atoms with E-state index in [0.717, 1.165) is 11.8 Å². The number of aromatic nitrogens is 3. The van der Waals surface area contributed by atoms with Gasteiger partial charge in [0.25, 0.3) is 0 Å². The third-order valence-electron chi connectivity index (χ3n) is 2.11. The summed E-state index contributed by atoms with van der Waals surface area (Å²) in [6, 6.07) is 1.62. The van der Waals surface area contributed by atoms with Crippen LogP contribution in [0, 0.1) is 0 Å². The number of nitrogens with zero attached hydrogens (tertiary/aromatic N) is 2. The van der Waals surface area contributed by atoms with E-state index < -0.39 is 18.6 Å². The van der Waals surface area contributed by atoms with Crippen LogP contribution in [0.5, 0.6) is 0 Å². The van der Waals surface area contributed by atoms with Gasteiger partial charge in [0.15, 0.2) is 10.8 Å². The standard InChI is InChI=1S/C10H8ClF3N4OS/c11-5-1-6-8(15-2-5)18-9(17-6)20-3-7(19)16-4-10(12,13)14/h1-2H,3-4H2,(H,16,19)(H,15,17,18). The quantitative estimate of drug-likeness (QED) is 0.847. The van der Waals surface area contributed by atoms with Crippen molar-refractivity contribution in [3.8, 4) is 0 Å². The number of aromatic amines is 1. The van der Waals surface area contributed by atoms with E-state index in [1.54, 1.807) is 11.4 Å². The summed E-state index contributed by atoms with van der Waals surface area (Å²) in [6.07, 6.45) is -2.99. The summed E-state index contributed by atoms with van der Waals surface area (Å²) < 4.78 is 35.7. The van der Waals surface area contributed by atoms with E-state index in [-0.39, 0.29) is 5.75 Å². The van der Waals surface area contributed by atoms with Crippen LogP contribution in [0.15, 0.2) is 17.4 Å². The molecule has 0 radical (unpaired) electrons. The zero-order valence-electron chi connectivity index (χ0n) is 9.79. The summed E-state index contributed by atoms with van der Waals surface area (Å²) in [5.74, 6) is -0.900. The molecule has 2 rings (SSSR count). The molecule has 20 heavy (non-hydrogen) atoms. The van der Waals surface area contributed by atoms with Crippen molar-refractivity contribution in [1.29, 1.82) is 0 Å². The third-order valence-corrected chi connectivity index (χ3v) is 3.19. The maximum Gasteiger partial charge on any atom is 0.405 e. The lowest BCUT2D eigenvalue weighted by atomic mass is 10.4. The van der Waals surface area contributed by atoms with Crippen molar-refractivity contribution in [1.82, 2.24) is 20.3 Å². The van der Waals surface area contributed by atoms with Crippen LogP contribution in [0.3, 0.4) is 0 Å². The minimum Gasteiger partial charge on any atom is -0.346 e. The Kier molecular flexibility index (Phi) is 4.39. The number of carbonyl (C=O) groups excluding carboxylic acids is 1. The lowest BCUT2D eigenvalue weighted by molar-refractivity contribution is -0.136. The van der Waals surface area contributed by atoms with E-state index >= 15 is 0 Å². The third kappa shape index (κ3) is 4.27. The predicted octanol–water partition coefficient (Wildman–Crippen LogP) is 2.38. The number of rotatable bonds is 4. The average molecular weight is 325 g/mol. The van der Waals surface area contributed by atoms with Gasteiger partial charge in [0.05, 0.1) is 16.3 Å². The number of pyridine rings is 1. The summed E-state index contributed by atoms with van der Waals surface area (Å²) in [4.78, 5) is 22.1. The second-order valence-electron chi connectivity index (χ2n) is 3.75. The zero-order valence-corrected chi connectivity index (χ0v) is 11.4. The fourth-order valence-corrected chi connectivity index (χ4v) is 2.17. The summed E-state index contributed by atoms with van der Waals surface area (Å²) >= 11 is 6.73. The number of amides is 1. The molecular weight excluding hydrogens is 317 g/mol. The highest BCUT2D eigenvalue weighted by Crippen LogP contribution is 2.20. The van der Waals surface area contributed by atoms with Gasteiger partial charge < -0.3 is 10.3 Å². The van der Waals surface area contributed by atoms with Gasteiger partial charge in [-0.1, -0.05) is 23.4 Å². The highest BCUT2D eigenvalue weighted by molar-refractivity contribution is 7.99. The molecule has 0 aliphatic carbocycles. The van der Waals surface area contributed by atoms with Gasteiger partial charge in [0.1, 0.15) is 6.54 Å². The van der Waals surface area contributed by atoms with Crippen LogP contribution in [-0.2, 0) is 4.79 Å². The number of fused-ring (bicyclic) bond motifs is 1. The number of nitrogens with one attached hydrogen (secondary N) is 2. The summed E-state index contributed by atoms with van der Waals surface area (Å²) in [5, 5.41) is 2.59. The molecule has 0 fully saturated rings. The zero-order chi connectivity index (χ0) is 14.8. The molecule has 2 aromatic heterocycles. The maximum absolute atomic E-state index is 11.9. The fraction of sp³-hybridized carbons (Fsp3) is 0.300. The van der Waals surface area contributed by atoms with Gasteiger partial charge in [0, 0.05) is 6.20 Å². The van der Waals surface area contributed by atoms with Crippen LogP contribution in [0.1, 0.15) is 0 Å². The molecule has 0 aliphatic rings. The van der Waals surface area contributed by atoms with Crippen LogP contribution < -0.4 is 5.32 Å². The Bertz CT molecular complexity index is 630. The van der Waals surface area contributed by atoms with E-state index in [2.05, 4.69) is 15.0 Å². The molecule has 0 saturated heterocycles. The largest absolute Gasteiger partial charge is 0.405 e. The minimum absolute atomic E-state index is 0.177. The monoisotopic (exact) mass is 324 g/mol. The highest BCUT2D eigenvalue weighted by atomic mass is 35.5. The Hall–Kier alpha value is -1.48. The minimum atomic E-state index is -4.42. The Labute approximate surface area is 120 Å². The number of thioether (sulfide) groups is 1. The molecular formula is C10H8ClF3N4OS. The molecule has 2 aromatic rings. The number of H-pyrrole nitrogens is 1. The molecule has 0 unspecified atom stereocenters. The first-order valence-corrected chi connectivity index (χ1v) is 6.67. The Morgan fingerprint density at radius 3 is 2.95 bits per heavy atom. The van der Waals surface area contributed by atoms with Crippen molar-refractivity contribution in [3.05, 3.63) is 17.3 Å². The molecule has 108 valence electrons. The smallest absolute Gasteiger partial charge is 0.346 e. The first-order chi connectivity index (χ1) is 9.33. The average Bonchev–Trinajstić information content (AvgIpc) is 2.75. The molecule has 0 aliphatic heterocycles. The summed E-state index contributed by atoms with van der Waals surface area (Å²) in [7, 11) is 0. The molecule has 5 nitrogen and oxygen atoms in total. The van der Waals surface area contributed by atoms with Gasteiger partial charge in [-0.2, -0.15) is 13.2 Å². The number of hydrogen-bond acceptors (Lipinski definition) is 4. The Balaban J connectivity index is 1.91. The van der Waals surface area contributed by atoms with Crippen LogP contribution in [-0.4, -0.2) is 39.3 Å². The van der Waals surface area contributed by atoms with Crippen molar-refractivity contribution in [2.45, 2.75) is 11.3 Å². The van der Waals surface area contributed by atoms with Gasteiger partial charge in [-0.3, -0.25) is 4.79 Å². The first-order valence-electron chi connectivity index (χ1n) is 5.31. The predicted molar refractivity (Wildman–Crippen MR) is 68.7 cm³/mol. The number of halogens is 4. The lowest BCUT2D eigenvalue weighted by Crippen LogP contribution is -2.34. The molecule has 0 aromatic carbocycles. The van der Waals surface area contributed by atoms with Crippen molar-refractivity contribution < 1.29 is 18.0 Å². The van der Waals surface area contributed by atoms with Crippen molar-refractivity contribution in [2.75, 3.05) is 12.3 Å². The van der Waals surface area contributed by atoms with Crippen LogP contribution in [0.2, 0.25) is 5.02 Å². The van der Waals surface area contributed by atoms with Crippen LogP contribution in [0.4, 0.5) is 13.2 Å². The molecule has 2 heterocycles. The fourth-order valence-electron chi connectivity index (χ4n) is 1.30. The van der Waals surface area contributed by atoms with Gasteiger partial charge in [-0.25, -0.2) is 9.97 Å². The van der Waals surface area contributed by atoms with Gasteiger partial charge in [0.2, 0.25) is 5.91 Å². The molecule has 0 atom stereocenters. The topological polar surface area (TPSA) is 70.7 Å². The normalized spacial score (nSPS) is 11.8. The number of alkyl halides is 3. The number of hydrogen-bond donors (Lipinski definition) is 2. The summed E-state index contributed by atoms with van der Waals surface area (Å²) in [5.41, 5.74) is 1.02. The molecule has 0 bridgehead atoms. The molecule has 2 N–H and O–H groups in total. The van der Waals surface area contributed by atoms with Crippen LogP contribution in [0.25, 0.3) is 11.2 Å². The van der Waals surface area contributed by atoms with Gasteiger partial charge in [-0.15, -0.1) is 0 Å². The first kappa shape index (κ1) is 14.9. The van der Waals surface area contributed by atoms with Crippen molar-refractivity contribution >= 4 is 40.4 Å². The van der Waals surface area contributed by atoms with E-state index in [1.165, 1.54) is 6.20 Å². The number of carbonyl (C=O) groups is 1. The van der Waals surface area contributed by atoms with E-state index in [9.17, 15) is 18.0 Å². The molecule has 10 heteroatoms.